The van der Waals surface area contributed by atoms with E-state index in [0.29, 0.717) is 0 Å². The lowest BCUT2D eigenvalue weighted by molar-refractivity contribution is 0.309. The first kappa shape index (κ1) is 14.0. The molecular weight excluding hydrogens is 168 g/mol. The molecule has 0 fully saturated rings. The van der Waals surface area contributed by atoms with Gasteiger partial charge in [0.05, 0.1) is 0 Å². The minimum absolute atomic E-state index is 0.920. The van der Waals surface area contributed by atoms with Crippen molar-refractivity contribution in [2.75, 3.05) is 0 Å². The summed E-state index contributed by atoms with van der Waals surface area (Å²) in [5.41, 5.74) is 0. The molecule has 14 heavy (non-hydrogen) atoms. The molecule has 0 bridgehead atoms. The highest BCUT2D eigenvalue weighted by Gasteiger charge is 2.12. The van der Waals surface area contributed by atoms with Gasteiger partial charge in [0.15, 0.2) is 0 Å². The van der Waals surface area contributed by atoms with Crippen LogP contribution in [-0.4, -0.2) is 0 Å². The zero-order valence-corrected chi connectivity index (χ0v) is 11.0. The Hall–Kier alpha value is 0. The van der Waals surface area contributed by atoms with Crippen molar-refractivity contribution in [1.82, 2.24) is 0 Å². The summed E-state index contributed by atoms with van der Waals surface area (Å²) in [5.74, 6) is 2.84. The molecule has 0 amide bonds. The first-order chi connectivity index (χ1) is 6.63. The summed E-state index contributed by atoms with van der Waals surface area (Å²) in [6.07, 6.45) is 8.38. The lowest BCUT2D eigenvalue weighted by Crippen LogP contribution is -2.08. The van der Waals surface area contributed by atoms with Gasteiger partial charge in [-0.3, -0.25) is 0 Å². The van der Waals surface area contributed by atoms with Crippen LogP contribution in [0.5, 0.6) is 0 Å². The fraction of sp³-hybridized carbons (Fsp3) is 1.00. The van der Waals surface area contributed by atoms with Crippen LogP contribution in [0.4, 0.5) is 0 Å². The van der Waals surface area contributed by atoms with Crippen LogP contribution >= 0.6 is 0 Å². The number of rotatable bonds is 8. The third-order valence-electron chi connectivity index (χ3n) is 3.51. The molecule has 0 aliphatic rings. The van der Waals surface area contributed by atoms with Gasteiger partial charge in [0.1, 0.15) is 0 Å². The summed E-state index contributed by atoms with van der Waals surface area (Å²) >= 11 is 0. The smallest absolute Gasteiger partial charge is 0.0414 e. The molecule has 0 radical (unpaired) electrons. The molecule has 0 spiro atoms. The topological polar surface area (TPSA) is 0 Å². The SMILES string of the molecule is CCCC(CC)CC(C)CC(C)CC. The Labute approximate surface area is 91.5 Å². The van der Waals surface area contributed by atoms with Gasteiger partial charge in [-0.2, -0.15) is 0 Å². The Morgan fingerprint density at radius 1 is 0.786 bits per heavy atom. The predicted molar refractivity (Wildman–Crippen MR) is 66.5 cm³/mol. The minimum atomic E-state index is 0.920. The normalized spacial score (nSPS) is 17.8. The van der Waals surface area contributed by atoms with E-state index in [1.54, 1.807) is 0 Å². The summed E-state index contributed by atoms with van der Waals surface area (Å²) in [7, 11) is 0. The number of hydrogen-bond donors (Lipinski definition) is 0. The van der Waals surface area contributed by atoms with Crippen LogP contribution in [0, 0.1) is 17.8 Å². The maximum atomic E-state index is 2.44. The van der Waals surface area contributed by atoms with Crippen LogP contribution in [0.3, 0.4) is 0 Å². The highest BCUT2D eigenvalue weighted by Crippen LogP contribution is 2.25. The highest BCUT2D eigenvalue weighted by molar-refractivity contribution is 4.64. The standard InChI is InChI=1S/C14H30/c1-6-9-14(8-3)11-13(5)10-12(4)7-2/h12-14H,6-11H2,1-5H3. The zero-order chi connectivity index (χ0) is 11.0. The van der Waals surface area contributed by atoms with E-state index >= 15 is 0 Å². The summed E-state index contributed by atoms with van der Waals surface area (Å²) in [6.45, 7) is 11.8. The number of hydrogen-bond acceptors (Lipinski definition) is 0. The maximum absolute atomic E-state index is 2.44. The largest absolute Gasteiger partial charge is 0.0654 e. The van der Waals surface area contributed by atoms with Crippen molar-refractivity contribution in [2.45, 2.75) is 73.1 Å². The molecule has 0 aromatic rings. The Balaban J connectivity index is 3.71. The first-order valence-electron chi connectivity index (χ1n) is 6.63. The van der Waals surface area contributed by atoms with Crippen LogP contribution in [0.2, 0.25) is 0 Å². The van der Waals surface area contributed by atoms with E-state index in [1.165, 1.54) is 38.5 Å². The second-order valence-corrected chi connectivity index (χ2v) is 5.15. The predicted octanol–water partition coefficient (Wildman–Crippen LogP) is 5.28. The van der Waals surface area contributed by atoms with Crippen LogP contribution in [0.1, 0.15) is 73.1 Å². The molecule has 0 saturated carbocycles. The Morgan fingerprint density at radius 2 is 1.43 bits per heavy atom. The molecule has 0 rings (SSSR count). The average molecular weight is 198 g/mol. The van der Waals surface area contributed by atoms with Crippen molar-refractivity contribution in [3.8, 4) is 0 Å². The van der Waals surface area contributed by atoms with E-state index in [9.17, 15) is 0 Å². The van der Waals surface area contributed by atoms with Gasteiger partial charge in [-0.15, -0.1) is 0 Å². The lowest BCUT2D eigenvalue weighted by Gasteiger charge is -2.21. The molecule has 3 atom stereocenters. The summed E-state index contributed by atoms with van der Waals surface area (Å²) in [6, 6.07) is 0. The van der Waals surface area contributed by atoms with Gasteiger partial charge in [-0.25, -0.2) is 0 Å². The quantitative estimate of drug-likeness (QED) is 0.498. The van der Waals surface area contributed by atoms with E-state index in [1.807, 2.05) is 0 Å². The third kappa shape index (κ3) is 6.45. The van der Waals surface area contributed by atoms with Crippen LogP contribution < -0.4 is 0 Å². The summed E-state index contributed by atoms with van der Waals surface area (Å²) in [4.78, 5) is 0. The van der Waals surface area contributed by atoms with E-state index in [-0.39, 0.29) is 0 Å². The molecule has 0 saturated heterocycles. The van der Waals surface area contributed by atoms with E-state index in [0.717, 1.165) is 17.8 Å². The van der Waals surface area contributed by atoms with E-state index < -0.39 is 0 Å². The van der Waals surface area contributed by atoms with Gasteiger partial charge in [-0.1, -0.05) is 60.3 Å². The molecule has 0 nitrogen and oxygen atoms in total. The fourth-order valence-corrected chi connectivity index (χ4v) is 2.42. The average Bonchev–Trinajstić information content (AvgIpc) is 2.16. The fourth-order valence-electron chi connectivity index (χ4n) is 2.42. The Kier molecular flexibility index (Phi) is 8.32. The van der Waals surface area contributed by atoms with Gasteiger partial charge in [0.2, 0.25) is 0 Å². The molecule has 86 valence electrons. The lowest BCUT2D eigenvalue weighted by atomic mass is 9.85. The maximum Gasteiger partial charge on any atom is -0.0414 e. The molecule has 0 aliphatic heterocycles. The second-order valence-electron chi connectivity index (χ2n) is 5.15. The molecular formula is C14H30. The van der Waals surface area contributed by atoms with Crippen LogP contribution in [0.15, 0.2) is 0 Å². The third-order valence-corrected chi connectivity index (χ3v) is 3.51. The van der Waals surface area contributed by atoms with Crippen molar-refractivity contribution in [3.05, 3.63) is 0 Å². The van der Waals surface area contributed by atoms with Gasteiger partial charge in [0, 0.05) is 0 Å². The van der Waals surface area contributed by atoms with Crippen molar-refractivity contribution < 1.29 is 0 Å². The van der Waals surface area contributed by atoms with Crippen molar-refractivity contribution in [1.29, 1.82) is 0 Å². The van der Waals surface area contributed by atoms with E-state index in [4.69, 9.17) is 0 Å². The minimum Gasteiger partial charge on any atom is -0.0654 e. The van der Waals surface area contributed by atoms with Crippen LogP contribution in [0.25, 0.3) is 0 Å². The molecule has 0 aromatic heterocycles. The Morgan fingerprint density at radius 3 is 1.86 bits per heavy atom. The van der Waals surface area contributed by atoms with E-state index in [2.05, 4.69) is 34.6 Å². The first-order valence-corrected chi connectivity index (χ1v) is 6.63. The van der Waals surface area contributed by atoms with Crippen molar-refractivity contribution in [2.24, 2.45) is 17.8 Å². The monoisotopic (exact) mass is 198 g/mol. The van der Waals surface area contributed by atoms with Crippen LogP contribution in [-0.2, 0) is 0 Å². The zero-order valence-electron chi connectivity index (χ0n) is 11.0. The molecule has 3 unspecified atom stereocenters. The Bertz CT molecular complexity index is 117. The van der Waals surface area contributed by atoms with Gasteiger partial charge >= 0.3 is 0 Å². The second kappa shape index (κ2) is 8.32. The van der Waals surface area contributed by atoms with Gasteiger partial charge in [0.25, 0.3) is 0 Å². The summed E-state index contributed by atoms with van der Waals surface area (Å²) < 4.78 is 0. The molecule has 0 aliphatic carbocycles. The molecule has 0 aromatic carbocycles. The van der Waals surface area contributed by atoms with Gasteiger partial charge < -0.3 is 0 Å². The molecule has 0 heteroatoms. The highest BCUT2D eigenvalue weighted by atomic mass is 14.2. The molecule has 0 N–H and O–H groups in total. The summed E-state index contributed by atoms with van der Waals surface area (Å²) in [5, 5.41) is 0. The van der Waals surface area contributed by atoms with Crippen molar-refractivity contribution >= 4 is 0 Å². The van der Waals surface area contributed by atoms with Gasteiger partial charge in [-0.05, 0) is 30.6 Å². The molecule has 0 heterocycles. The van der Waals surface area contributed by atoms with Crippen molar-refractivity contribution in [3.63, 3.8) is 0 Å².